The van der Waals surface area contributed by atoms with Gasteiger partial charge < -0.3 is 10.8 Å². The fourth-order valence-corrected chi connectivity index (χ4v) is 4.71. The maximum absolute atomic E-state index is 10.3. The fourth-order valence-electron chi connectivity index (χ4n) is 4.53. The van der Waals surface area contributed by atoms with Crippen LogP contribution in [0.25, 0.3) is 0 Å². The van der Waals surface area contributed by atoms with Crippen LogP contribution in [-0.4, -0.2) is 26.9 Å². The van der Waals surface area contributed by atoms with Crippen molar-refractivity contribution in [1.29, 1.82) is 0 Å². The minimum Gasteiger partial charge on any atom is -0.478 e. The van der Waals surface area contributed by atoms with Gasteiger partial charge in [-0.25, -0.2) is 4.79 Å². The van der Waals surface area contributed by atoms with Crippen LogP contribution < -0.4 is 5.73 Å². The molecular weight excluding hydrogens is 290 g/mol. The second-order valence-corrected chi connectivity index (χ2v) is 7.14. The van der Waals surface area contributed by atoms with E-state index in [-0.39, 0.29) is 10.7 Å². The highest BCUT2D eigenvalue weighted by Crippen LogP contribution is 2.52. The van der Waals surface area contributed by atoms with Crippen LogP contribution in [0.2, 0.25) is 5.15 Å². The van der Waals surface area contributed by atoms with E-state index in [9.17, 15) is 4.79 Å². The van der Waals surface area contributed by atoms with Gasteiger partial charge >= 0.3 is 5.97 Å². The number of halogens is 1. The van der Waals surface area contributed by atoms with Gasteiger partial charge in [0, 0.05) is 13.1 Å². The average Bonchev–Trinajstić information content (AvgIpc) is 2.76. The number of rotatable bonds is 1. The molecule has 4 saturated carbocycles. The molecule has 4 bridgehead atoms. The van der Waals surface area contributed by atoms with Crippen LogP contribution in [-0.2, 0) is 7.05 Å². The van der Waals surface area contributed by atoms with Gasteiger partial charge in [0.15, 0.2) is 0 Å². The van der Waals surface area contributed by atoms with E-state index in [1.54, 1.807) is 13.5 Å². The van der Waals surface area contributed by atoms with Crippen molar-refractivity contribution in [2.45, 2.75) is 38.1 Å². The van der Waals surface area contributed by atoms with Gasteiger partial charge in [0.2, 0.25) is 0 Å². The standard InChI is InChI=1S/C10H17N.C5H5ClN2O2/c11-10-8-2-6-1-7(4-8)5-9(10)3-6;1-8-4(6)3(2-7-8)5(9)10/h6-10H,1-5,11H2;2H,1H3,(H,9,10). The highest BCUT2D eigenvalue weighted by atomic mass is 35.5. The molecule has 0 spiro atoms. The van der Waals surface area contributed by atoms with E-state index in [2.05, 4.69) is 5.10 Å². The highest BCUT2D eigenvalue weighted by Gasteiger charge is 2.46. The van der Waals surface area contributed by atoms with Crippen molar-refractivity contribution in [2.24, 2.45) is 36.5 Å². The summed E-state index contributed by atoms with van der Waals surface area (Å²) in [5.41, 5.74) is 6.20. The van der Waals surface area contributed by atoms with Crippen LogP contribution in [0.5, 0.6) is 0 Å². The Kier molecular flexibility index (Phi) is 3.97. The number of aromatic nitrogens is 2. The van der Waals surface area contributed by atoms with Crippen LogP contribution >= 0.6 is 11.6 Å². The molecule has 1 aromatic heterocycles. The lowest BCUT2D eigenvalue weighted by molar-refractivity contribution is 0.000349. The molecule has 21 heavy (non-hydrogen) atoms. The number of carboxylic acid groups (broad SMARTS) is 1. The molecule has 5 nitrogen and oxygen atoms in total. The topological polar surface area (TPSA) is 81.1 Å². The Balaban J connectivity index is 0.000000127. The fraction of sp³-hybridized carbons (Fsp3) is 0.733. The summed E-state index contributed by atoms with van der Waals surface area (Å²) in [5, 5.41) is 12.2. The first kappa shape index (κ1) is 14.9. The average molecular weight is 312 g/mol. The molecule has 0 atom stereocenters. The van der Waals surface area contributed by atoms with Gasteiger partial charge in [0.25, 0.3) is 0 Å². The molecule has 0 unspecified atom stereocenters. The van der Waals surface area contributed by atoms with E-state index in [1.165, 1.54) is 36.6 Å². The SMILES string of the molecule is Cn1ncc(C(=O)O)c1Cl.NC1C2CC3CC(C2)CC1C3. The predicted octanol–water partition coefficient (Wildman–Crippen LogP) is 2.54. The Morgan fingerprint density at radius 2 is 1.81 bits per heavy atom. The van der Waals surface area contributed by atoms with E-state index < -0.39 is 5.97 Å². The summed E-state index contributed by atoms with van der Waals surface area (Å²) in [7, 11) is 1.58. The van der Waals surface area contributed by atoms with E-state index in [0.717, 1.165) is 23.7 Å². The number of hydrogen-bond acceptors (Lipinski definition) is 3. The number of aromatic carboxylic acids is 1. The van der Waals surface area contributed by atoms with Gasteiger partial charge in [-0.1, -0.05) is 11.6 Å². The Labute approximate surface area is 129 Å². The molecule has 4 aliphatic carbocycles. The zero-order valence-electron chi connectivity index (χ0n) is 12.2. The monoisotopic (exact) mass is 311 g/mol. The molecule has 0 aromatic carbocycles. The van der Waals surface area contributed by atoms with Crippen molar-refractivity contribution >= 4 is 17.6 Å². The van der Waals surface area contributed by atoms with Crippen LogP contribution in [0.3, 0.4) is 0 Å². The number of aryl methyl sites for hydroxylation is 1. The number of carboxylic acids is 1. The summed E-state index contributed by atoms with van der Waals surface area (Å²) in [5.74, 6) is 2.95. The van der Waals surface area contributed by atoms with Crippen LogP contribution in [0.4, 0.5) is 0 Å². The molecule has 0 amide bonds. The smallest absolute Gasteiger partial charge is 0.340 e. The molecule has 5 rings (SSSR count). The predicted molar refractivity (Wildman–Crippen MR) is 80.2 cm³/mol. The maximum Gasteiger partial charge on any atom is 0.340 e. The van der Waals surface area contributed by atoms with Crippen molar-refractivity contribution in [3.8, 4) is 0 Å². The second-order valence-electron chi connectivity index (χ2n) is 6.79. The Morgan fingerprint density at radius 1 is 1.29 bits per heavy atom. The molecule has 1 heterocycles. The Hall–Kier alpha value is -1.07. The molecular formula is C15H22ClN3O2. The van der Waals surface area contributed by atoms with Gasteiger partial charge in [-0.05, 0) is 55.8 Å². The molecule has 0 radical (unpaired) electrons. The summed E-state index contributed by atoms with van der Waals surface area (Å²) >= 11 is 5.52. The van der Waals surface area contributed by atoms with E-state index >= 15 is 0 Å². The first-order valence-electron chi connectivity index (χ1n) is 7.62. The second kappa shape index (κ2) is 5.61. The number of nitrogens with two attached hydrogens (primary N) is 1. The van der Waals surface area contributed by atoms with E-state index in [4.69, 9.17) is 22.4 Å². The quantitative estimate of drug-likeness (QED) is 0.835. The van der Waals surface area contributed by atoms with Crippen molar-refractivity contribution < 1.29 is 9.90 Å². The number of hydrogen-bond donors (Lipinski definition) is 2. The molecule has 3 N–H and O–H groups in total. The minimum atomic E-state index is -1.06. The molecule has 4 aliphatic rings. The number of nitrogens with zero attached hydrogens (tertiary/aromatic N) is 2. The Morgan fingerprint density at radius 3 is 2.14 bits per heavy atom. The largest absolute Gasteiger partial charge is 0.478 e. The normalized spacial score (nSPS) is 36.2. The summed E-state index contributed by atoms with van der Waals surface area (Å²) in [6, 6.07) is 0.586. The molecule has 6 heteroatoms. The lowest BCUT2D eigenvalue weighted by atomic mass is 9.54. The molecule has 116 valence electrons. The molecule has 0 aliphatic heterocycles. The highest BCUT2D eigenvalue weighted by molar-refractivity contribution is 6.32. The van der Waals surface area contributed by atoms with E-state index in [1.807, 2.05) is 0 Å². The van der Waals surface area contributed by atoms with Crippen molar-refractivity contribution in [1.82, 2.24) is 9.78 Å². The van der Waals surface area contributed by atoms with Gasteiger partial charge in [0.1, 0.15) is 10.7 Å². The third-order valence-electron chi connectivity index (χ3n) is 5.40. The number of carbonyl (C=O) groups is 1. The van der Waals surface area contributed by atoms with Crippen molar-refractivity contribution in [3.63, 3.8) is 0 Å². The van der Waals surface area contributed by atoms with Crippen LogP contribution in [0, 0.1) is 23.7 Å². The molecule has 1 aromatic rings. The maximum atomic E-state index is 10.3. The molecule has 4 fully saturated rings. The van der Waals surface area contributed by atoms with Crippen LogP contribution in [0.15, 0.2) is 6.20 Å². The third-order valence-corrected chi connectivity index (χ3v) is 5.84. The summed E-state index contributed by atoms with van der Waals surface area (Å²) in [4.78, 5) is 10.3. The first-order chi connectivity index (χ1) is 9.95. The molecule has 0 saturated heterocycles. The Bertz CT molecular complexity index is 515. The summed E-state index contributed by atoms with van der Waals surface area (Å²) in [6.07, 6.45) is 8.62. The van der Waals surface area contributed by atoms with Crippen molar-refractivity contribution in [3.05, 3.63) is 16.9 Å². The zero-order valence-corrected chi connectivity index (χ0v) is 13.0. The summed E-state index contributed by atoms with van der Waals surface area (Å²) < 4.78 is 1.30. The van der Waals surface area contributed by atoms with Gasteiger partial charge in [-0.15, -0.1) is 0 Å². The minimum absolute atomic E-state index is 0.0316. The first-order valence-corrected chi connectivity index (χ1v) is 7.99. The summed E-state index contributed by atoms with van der Waals surface area (Å²) in [6.45, 7) is 0. The van der Waals surface area contributed by atoms with Crippen LogP contribution in [0.1, 0.15) is 42.5 Å². The van der Waals surface area contributed by atoms with Gasteiger partial charge in [-0.2, -0.15) is 5.10 Å². The lowest BCUT2D eigenvalue weighted by Crippen LogP contribution is -2.52. The third kappa shape index (κ3) is 2.81. The van der Waals surface area contributed by atoms with Crippen molar-refractivity contribution in [2.75, 3.05) is 0 Å². The zero-order chi connectivity index (χ0) is 15.1. The van der Waals surface area contributed by atoms with Gasteiger partial charge in [0.05, 0.1) is 6.20 Å². The van der Waals surface area contributed by atoms with Gasteiger partial charge in [-0.3, -0.25) is 4.68 Å². The van der Waals surface area contributed by atoms with E-state index in [0.29, 0.717) is 6.04 Å². The lowest BCUT2D eigenvalue weighted by Gasteiger charge is -2.53.